The highest BCUT2D eigenvalue weighted by Crippen LogP contribution is 2.41. The van der Waals surface area contributed by atoms with E-state index in [9.17, 15) is 9.90 Å². The van der Waals surface area contributed by atoms with Crippen molar-refractivity contribution in [3.05, 3.63) is 36.3 Å². The number of aliphatic hydroxyl groups is 1. The lowest BCUT2D eigenvalue weighted by Crippen LogP contribution is -2.36. The topological polar surface area (TPSA) is 84.4 Å². The molecule has 3 heterocycles. The third-order valence-electron chi connectivity index (χ3n) is 5.23. The van der Waals surface area contributed by atoms with Crippen molar-refractivity contribution in [2.75, 3.05) is 13.1 Å². The minimum atomic E-state index is -0.446. The molecule has 122 valence electrons. The molecule has 0 spiro atoms. The Morgan fingerprint density at radius 1 is 1.35 bits per heavy atom. The molecule has 2 fully saturated rings. The highest BCUT2D eigenvalue weighted by Gasteiger charge is 2.44. The number of carbonyl (C=O) groups is 1. The van der Waals surface area contributed by atoms with Crippen molar-refractivity contribution in [3.63, 3.8) is 0 Å². The number of likely N-dealkylation sites (tertiary alicyclic amines) is 1. The Hall–Kier alpha value is -2.15. The molecular weight excluding hydrogens is 296 g/mol. The van der Waals surface area contributed by atoms with Crippen LogP contribution in [0.15, 0.2) is 29.4 Å². The molecule has 23 heavy (non-hydrogen) atoms. The van der Waals surface area contributed by atoms with Gasteiger partial charge in [-0.15, -0.1) is 0 Å². The molecule has 7 heteroatoms. The van der Waals surface area contributed by atoms with E-state index in [1.165, 1.54) is 6.33 Å². The van der Waals surface area contributed by atoms with Crippen molar-refractivity contribution in [3.8, 4) is 0 Å². The summed E-state index contributed by atoms with van der Waals surface area (Å²) in [5.74, 6) is 1.10. The van der Waals surface area contributed by atoms with Gasteiger partial charge in [-0.2, -0.15) is 5.10 Å². The van der Waals surface area contributed by atoms with Gasteiger partial charge in [0.05, 0.1) is 18.4 Å². The van der Waals surface area contributed by atoms with Gasteiger partial charge in [0.2, 0.25) is 0 Å². The molecule has 1 aliphatic carbocycles. The second-order valence-electron chi connectivity index (χ2n) is 6.64. The van der Waals surface area contributed by atoms with Crippen LogP contribution in [0.4, 0.5) is 0 Å². The highest BCUT2D eigenvalue weighted by atomic mass is 16.3. The molecule has 0 bridgehead atoms. The second-order valence-corrected chi connectivity index (χ2v) is 6.64. The molecule has 2 aromatic heterocycles. The largest absolute Gasteiger partial charge is 0.459 e. The maximum Gasteiger partial charge on any atom is 0.289 e. The number of aromatic nitrogens is 3. The Kier molecular flexibility index (Phi) is 3.45. The number of carbonyl (C=O) groups excluding carboxylic acids is 1. The van der Waals surface area contributed by atoms with Crippen molar-refractivity contribution in [1.29, 1.82) is 0 Å². The number of nitrogens with zero attached hydrogens (tertiary/aromatic N) is 4. The van der Waals surface area contributed by atoms with Crippen molar-refractivity contribution in [2.45, 2.75) is 31.9 Å². The van der Waals surface area contributed by atoms with Crippen LogP contribution >= 0.6 is 0 Å². The Labute approximate surface area is 133 Å². The van der Waals surface area contributed by atoms with Gasteiger partial charge in [-0.05, 0) is 37.7 Å². The van der Waals surface area contributed by atoms with Crippen LogP contribution < -0.4 is 0 Å². The Morgan fingerprint density at radius 2 is 2.13 bits per heavy atom. The third kappa shape index (κ3) is 2.45. The summed E-state index contributed by atoms with van der Waals surface area (Å²) in [7, 11) is 0. The van der Waals surface area contributed by atoms with Gasteiger partial charge in [0, 0.05) is 18.7 Å². The van der Waals surface area contributed by atoms with Crippen LogP contribution in [-0.4, -0.2) is 49.9 Å². The Bertz CT molecular complexity index is 696. The van der Waals surface area contributed by atoms with E-state index in [4.69, 9.17) is 4.42 Å². The maximum atomic E-state index is 12.6. The predicted octanol–water partition coefficient (Wildman–Crippen LogP) is 1.26. The number of hydrogen-bond acceptors (Lipinski definition) is 5. The van der Waals surface area contributed by atoms with Crippen molar-refractivity contribution < 1.29 is 14.3 Å². The molecule has 1 saturated carbocycles. The predicted molar refractivity (Wildman–Crippen MR) is 80.6 cm³/mol. The lowest BCUT2D eigenvalue weighted by atomic mass is 9.77. The van der Waals surface area contributed by atoms with E-state index in [-0.39, 0.29) is 11.9 Å². The first kappa shape index (κ1) is 14.4. The Balaban J connectivity index is 1.49. The minimum absolute atomic E-state index is 0.0475. The first-order valence-corrected chi connectivity index (χ1v) is 7.99. The van der Waals surface area contributed by atoms with Gasteiger partial charge in [-0.1, -0.05) is 0 Å². The summed E-state index contributed by atoms with van der Waals surface area (Å²) in [5, 5.41) is 14.6. The summed E-state index contributed by atoms with van der Waals surface area (Å²) < 4.78 is 7.07. The first-order chi connectivity index (χ1) is 11.1. The zero-order valence-corrected chi connectivity index (χ0v) is 13.0. The van der Waals surface area contributed by atoms with Crippen LogP contribution in [0.5, 0.6) is 0 Å². The number of furan rings is 1. The number of fused-ring (bicyclic) bond motifs is 1. The molecule has 0 radical (unpaired) electrons. The molecule has 4 atom stereocenters. The fourth-order valence-electron chi connectivity index (χ4n) is 3.98. The Morgan fingerprint density at radius 3 is 2.78 bits per heavy atom. The van der Waals surface area contributed by atoms with Crippen LogP contribution in [0.2, 0.25) is 0 Å². The second kappa shape index (κ2) is 5.49. The molecular formula is C16H20N4O3. The van der Waals surface area contributed by atoms with Crippen LogP contribution in [0, 0.1) is 18.8 Å². The summed E-state index contributed by atoms with van der Waals surface area (Å²) in [6.45, 7) is 3.27. The molecule has 7 nitrogen and oxygen atoms in total. The summed E-state index contributed by atoms with van der Waals surface area (Å²) in [4.78, 5) is 18.4. The molecule has 0 aromatic carbocycles. The average molecular weight is 316 g/mol. The van der Waals surface area contributed by atoms with Gasteiger partial charge in [-0.25, -0.2) is 9.67 Å². The SMILES string of the molecule is Cc1ccoc1C(=O)N1C[C@H]2C[C@@H](n3cncn3)[C@H](O)C[C@H]2C1. The summed E-state index contributed by atoms with van der Waals surface area (Å²) in [6.07, 6.45) is 5.75. The van der Waals surface area contributed by atoms with Crippen LogP contribution in [0.25, 0.3) is 0 Å². The quantitative estimate of drug-likeness (QED) is 0.902. The van der Waals surface area contributed by atoms with Crippen molar-refractivity contribution >= 4 is 5.91 Å². The van der Waals surface area contributed by atoms with E-state index < -0.39 is 6.10 Å². The maximum absolute atomic E-state index is 12.6. The summed E-state index contributed by atoms with van der Waals surface area (Å²) in [6, 6.07) is 1.75. The highest BCUT2D eigenvalue weighted by molar-refractivity contribution is 5.93. The van der Waals surface area contributed by atoms with E-state index in [2.05, 4.69) is 10.1 Å². The zero-order chi connectivity index (χ0) is 16.0. The number of aryl methyl sites for hydroxylation is 1. The van der Waals surface area contributed by atoms with Crippen molar-refractivity contribution in [1.82, 2.24) is 19.7 Å². The normalized spacial score (nSPS) is 30.4. The van der Waals surface area contributed by atoms with Gasteiger partial charge in [0.15, 0.2) is 5.76 Å². The van der Waals surface area contributed by atoms with Gasteiger partial charge in [-0.3, -0.25) is 4.79 Å². The first-order valence-electron chi connectivity index (χ1n) is 7.99. The zero-order valence-electron chi connectivity index (χ0n) is 13.0. The van der Waals surface area contributed by atoms with Gasteiger partial charge >= 0.3 is 0 Å². The summed E-state index contributed by atoms with van der Waals surface area (Å²) in [5.41, 5.74) is 0.866. The number of amides is 1. The fraction of sp³-hybridized carbons (Fsp3) is 0.562. The average Bonchev–Trinajstić information content (AvgIpc) is 3.25. The van der Waals surface area contributed by atoms with E-state index >= 15 is 0 Å². The standard InChI is InChI=1S/C16H20N4O3/c1-10-2-3-23-15(10)16(22)19-6-11-4-13(20-9-17-8-18-20)14(21)5-12(11)7-19/h2-3,8-9,11-14,21H,4-7H2,1H3/t11-,12+,13-,14-/m1/s1. The summed E-state index contributed by atoms with van der Waals surface area (Å²) >= 11 is 0. The molecule has 2 aromatic rings. The van der Waals surface area contributed by atoms with Crippen molar-refractivity contribution in [2.24, 2.45) is 11.8 Å². The third-order valence-corrected chi connectivity index (χ3v) is 5.23. The number of aliphatic hydroxyl groups excluding tert-OH is 1. The minimum Gasteiger partial charge on any atom is -0.459 e. The monoisotopic (exact) mass is 316 g/mol. The fourth-order valence-corrected chi connectivity index (χ4v) is 3.98. The van der Waals surface area contributed by atoms with E-state index in [0.717, 1.165) is 12.0 Å². The molecule has 1 saturated heterocycles. The van der Waals surface area contributed by atoms with E-state index in [0.29, 0.717) is 37.1 Å². The molecule has 4 rings (SSSR count). The lowest BCUT2D eigenvalue weighted by Gasteiger charge is -2.34. The molecule has 1 amide bonds. The molecule has 2 aliphatic rings. The van der Waals surface area contributed by atoms with Gasteiger partial charge in [0.25, 0.3) is 5.91 Å². The number of rotatable bonds is 2. The van der Waals surface area contributed by atoms with E-state index in [1.807, 2.05) is 11.8 Å². The molecule has 1 N–H and O–H groups in total. The lowest BCUT2D eigenvalue weighted by molar-refractivity contribution is 0.0304. The van der Waals surface area contributed by atoms with Gasteiger partial charge in [0.1, 0.15) is 12.7 Å². The smallest absolute Gasteiger partial charge is 0.289 e. The van der Waals surface area contributed by atoms with Crippen LogP contribution in [0.1, 0.15) is 35.0 Å². The van der Waals surface area contributed by atoms with Gasteiger partial charge < -0.3 is 14.4 Å². The molecule has 0 unspecified atom stereocenters. The number of hydrogen-bond donors (Lipinski definition) is 1. The van der Waals surface area contributed by atoms with Crippen LogP contribution in [-0.2, 0) is 0 Å². The van der Waals surface area contributed by atoms with E-state index in [1.54, 1.807) is 23.3 Å². The van der Waals surface area contributed by atoms with Crippen LogP contribution in [0.3, 0.4) is 0 Å². The molecule has 1 aliphatic heterocycles.